The van der Waals surface area contributed by atoms with E-state index in [0.29, 0.717) is 17.9 Å². The van der Waals surface area contributed by atoms with Gasteiger partial charge in [0.15, 0.2) is 0 Å². The van der Waals surface area contributed by atoms with Crippen LogP contribution >= 0.6 is 0 Å². The van der Waals surface area contributed by atoms with Crippen molar-refractivity contribution in [2.75, 3.05) is 32.4 Å². The van der Waals surface area contributed by atoms with Crippen LogP contribution in [0.2, 0.25) is 0 Å². The number of nitrogen functional groups attached to an aromatic ring is 1. The van der Waals surface area contributed by atoms with Crippen molar-refractivity contribution in [1.82, 2.24) is 20.0 Å². The highest BCUT2D eigenvalue weighted by Crippen LogP contribution is 2.21. The maximum absolute atomic E-state index is 12.2. The first kappa shape index (κ1) is 11.9. The van der Waals surface area contributed by atoms with Gasteiger partial charge in [-0.15, -0.1) is 0 Å². The summed E-state index contributed by atoms with van der Waals surface area (Å²) in [5, 5.41) is 6.37. The second-order valence-corrected chi connectivity index (χ2v) is 5.16. The fraction of sp³-hybridized carbons (Fsp3) is 0.636. The van der Waals surface area contributed by atoms with Gasteiger partial charge in [-0.2, -0.15) is 5.10 Å². The Hall–Kier alpha value is -1.56. The molecule has 6 nitrogen and oxygen atoms in total. The Bertz CT molecular complexity index is 425. The van der Waals surface area contributed by atoms with Crippen molar-refractivity contribution < 1.29 is 4.79 Å². The van der Waals surface area contributed by atoms with Gasteiger partial charge < -0.3 is 10.6 Å². The van der Waals surface area contributed by atoms with Crippen LogP contribution in [-0.2, 0) is 0 Å². The van der Waals surface area contributed by atoms with E-state index < -0.39 is 0 Å². The summed E-state index contributed by atoms with van der Waals surface area (Å²) < 4.78 is 0. The van der Waals surface area contributed by atoms with E-state index in [1.165, 1.54) is 6.20 Å². The van der Waals surface area contributed by atoms with Gasteiger partial charge in [-0.25, -0.2) is 0 Å². The highest BCUT2D eigenvalue weighted by Gasteiger charge is 2.34. The maximum atomic E-state index is 12.2. The minimum Gasteiger partial charge on any atom is -0.383 e. The molecule has 1 saturated heterocycles. The zero-order valence-electron chi connectivity index (χ0n) is 10.5. The summed E-state index contributed by atoms with van der Waals surface area (Å²) in [4.78, 5) is 16.3. The summed E-state index contributed by atoms with van der Waals surface area (Å²) in [6, 6.07) is 0. The number of nitrogens with zero attached hydrogens (tertiary/aromatic N) is 3. The molecule has 0 unspecified atom stereocenters. The number of piperazine rings is 1. The van der Waals surface area contributed by atoms with E-state index in [1.54, 1.807) is 0 Å². The second kappa shape index (κ2) is 4.03. The number of carbonyl (C=O) groups excluding carboxylic acids is 1. The quantitative estimate of drug-likeness (QED) is 0.729. The Morgan fingerprint density at radius 2 is 2.24 bits per heavy atom. The number of likely N-dealkylation sites (N-methyl/N-ethyl adjacent to an activating group) is 1. The van der Waals surface area contributed by atoms with Crippen LogP contribution in [0, 0.1) is 0 Å². The lowest BCUT2D eigenvalue weighted by Gasteiger charge is -2.45. The molecule has 3 N–H and O–H groups in total. The molecule has 0 radical (unpaired) electrons. The minimum absolute atomic E-state index is 0.00753. The largest absolute Gasteiger partial charge is 0.383 e. The fourth-order valence-corrected chi connectivity index (χ4v) is 2.05. The molecule has 0 spiro atoms. The molecule has 1 aliphatic heterocycles. The average Bonchev–Trinajstić information content (AvgIpc) is 2.67. The summed E-state index contributed by atoms with van der Waals surface area (Å²) >= 11 is 0. The van der Waals surface area contributed by atoms with Gasteiger partial charge in [0, 0.05) is 25.2 Å². The first-order valence-corrected chi connectivity index (χ1v) is 5.71. The average molecular weight is 237 g/mol. The number of rotatable bonds is 1. The highest BCUT2D eigenvalue weighted by atomic mass is 16.2. The summed E-state index contributed by atoms with van der Waals surface area (Å²) in [5.74, 6) is 0.296. The number of aromatic amines is 1. The highest BCUT2D eigenvalue weighted by molar-refractivity contribution is 5.98. The van der Waals surface area contributed by atoms with Crippen LogP contribution in [0.5, 0.6) is 0 Å². The molecule has 1 aliphatic rings. The number of nitrogens with one attached hydrogen (secondary N) is 1. The van der Waals surface area contributed by atoms with E-state index in [2.05, 4.69) is 36.0 Å². The molecule has 0 aliphatic carbocycles. The van der Waals surface area contributed by atoms with Gasteiger partial charge in [-0.1, -0.05) is 0 Å². The Kier molecular flexibility index (Phi) is 2.82. The summed E-state index contributed by atoms with van der Waals surface area (Å²) in [7, 11) is 2.08. The van der Waals surface area contributed by atoms with Crippen molar-refractivity contribution in [2.24, 2.45) is 0 Å². The molecule has 0 atom stereocenters. The van der Waals surface area contributed by atoms with Crippen molar-refractivity contribution in [3.05, 3.63) is 11.8 Å². The third-order valence-corrected chi connectivity index (χ3v) is 3.50. The number of H-pyrrole nitrogens is 1. The number of amides is 1. The van der Waals surface area contributed by atoms with Gasteiger partial charge in [0.25, 0.3) is 5.91 Å². The Morgan fingerprint density at radius 1 is 1.53 bits per heavy atom. The van der Waals surface area contributed by atoms with Crippen LogP contribution in [0.1, 0.15) is 24.2 Å². The summed E-state index contributed by atoms with van der Waals surface area (Å²) in [6.45, 7) is 6.56. The van der Waals surface area contributed by atoms with Crippen molar-refractivity contribution in [3.63, 3.8) is 0 Å². The maximum Gasteiger partial charge on any atom is 0.259 e. The molecular formula is C11H19N5O. The van der Waals surface area contributed by atoms with Crippen LogP contribution in [0.4, 0.5) is 5.82 Å². The molecular weight excluding hydrogens is 218 g/mol. The van der Waals surface area contributed by atoms with Crippen LogP contribution in [-0.4, -0.2) is 58.1 Å². The zero-order valence-corrected chi connectivity index (χ0v) is 10.5. The molecule has 6 heteroatoms. The lowest BCUT2D eigenvalue weighted by molar-refractivity contribution is 0.0312. The van der Waals surface area contributed by atoms with E-state index in [1.807, 2.05) is 4.90 Å². The monoisotopic (exact) mass is 237 g/mol. The lowest BCUT2D eigenvalue weighted by atomic mass is 9.99. The predicted molar refractivity (Wildman–Crippen MR) is 65.6 cm³/mol. The van der Waals surface area contributed by atoms with Crippen LogP contribution in [0.15, 0.2) is 6.20 Å². The van der Waals surface area contributed by atoms with E-state index >= 15 is 0 Å². The molecule has 94 valence electrons. The van der Waals surface area contributed by atoms with Gasteiger partial charge in [0.2, 0.25) is 0 Å². The van der Waals surface area contributed by atoms with Crippen molar-refractivity contribution in [1.29, 1.82) is 0 Å². The molecule has 2 rings (SSSR count). The fourth-order valence-electron chi connectivity index (χ4n) is 2.05. The number of carbonyl (C=O) groups is 1. The normalized spacial score (nSPS) is 20.5. The van der Waals surface area contributed by atoms with E-state index in [4.69, 9.17) is 5.73 Å². The minimum atomic E-state index is -0.0441. The van der Waals surface area contributed by atoms with Crippen LogP contribution < -0.4 is 5.73 Å². The smallest absolute Gasteiger partial charge is 0.259 e. The molecule has 1 amide bonds. The molecule has 1 aromatic rings. The molecule has 0 aromatic carbocycles. The predicted octanol–water partition coefficient (Wildman–Crippen LogP) is 0.158. The number of hydrogen-bond acceptors (Lipinski definition) is 4. The van der Waals surface area contributed by atoms with E-state index in [9.17, 15) is 4.79 Å². The third kappa shape index (κ3) is 2.12. The number of aromatic nitrogens is 2. The number of hydrogen-bond donors (Lipinski definition) is 2. The third-order valence-electron chi connectivity index (χ3n) is 3.50. The van der Waals surface area contributed by atoms with Gasteiger partial charge in [0.1, 0.15) is 11.4 Å². The van der Waals surface area contributed by atoms with E-state index in [0.717, 1.165) is 13.1 Å². The Balaban J connectivity index is 2.15. The van der Waals surface area contributed by atoms with Gasteiger partial charge in [-0.3, -0.25) is 14.8 Å². The van der Waals surface area contributed by atoms with Gasteiger partial charge in [-0.05, 0) is 20.9 Å². The Labute approximate surface area is 101 Å². The first-order chi connectivity index (χ1) is 7.92. The molecule has 1 aromatic heterocycles. The number of nitrogens with two attached hydrogens (primary N) is 1. The van der Waals surface area contributed by atoms with Crippen LogP contribution in [0.25, 0.3) is 0 Å². The Morgan fingerprint density at radius 3 is 2.76 bits per heavy atom. The van der Waals surface area contributed by atoms with Crippen molar-refractivity contribution in [3.8, 4) is 0 Å². The molecule has 0 saturated carbocycles. The number of anilines is 1. The SMILES string of the molecule is CN1CCN(C(=O)c2cn[nH]c2N)CC1(C)C. The molecule has 2 heterocycles. The van der Waals surface area contributed by atoms with Crippen LogP contribution in [0.3, 0.4) is 0 Å². The second-order valence-electron chi connectivity index (χ2n) is 5.16. The lowest BCUT2D eigenvalue weighted by Crippen LogP contribution is -2.58. The molecule has 0 bridgehead atoms. The topological polar surface area (TPSA) is 78.2 Å². The van der Waals surface area contributed by atoms with E-state index in [-0.39, 0.29) is 11.4 Å². The zero-order chi connectivity index (χ0) is 12.6. The first-order valence-electron chi connectivity index (χ1n) is 5.71. The summed E-state index contributed by atoms with van der Waals surface area (Å²) in [5.41, 5.74) is 6.12. The summed E-state index contributed by atoms with van der Waals surface area (Å²) in [6.07, 6.45) is 1.49. The van der Waals surface area contributed by atoms with Gasteiger partial charge in [0.05, 0.1) is 6.20 Å². The molecule has 17 heavy (non-hydrogen) atoms. The van der Waals surface area contributed by atoms with Gasteiger partial charge >= 0.3 is 0 Å². The van der Waals surface area contributed by atoms with Crippen molar-refractivity contribution >= 4 is 11.7 Å². The standard InChI is InChI=1S/C11H19N5O/c1-11(2)7-16(5-4-15(11)3)10(17)8-6-13-14-9(8)12/h6H,4-5,7H2,1-3H3,(H3,12,13,14). The van der Waals surface area contributed by atoms with Crippen molar-refractivity contribution in [2.45, 2.75) is 19.4 Å². The molecule has 1 fully saturated rings.